The Balaban J connectivity index is 2.90. The zero-order valence-electron chi connectivity index (χ0n) is 8.05. The second-order valence-electron chi connectivity index (χ2n) is 2.86. The van der Waals surface area contributed by atoms with Crippen LogP contribution in [0.5, 0.6) is 0 Å². The van der Waals surface area contributed by atoms with Crippen molar-refractivity contribution in [2.75, 3.05) is 11.9 Å². The number of hydrogen-bond donors (Lipinski definition) is 2. The highest BCUT2D eigenvalue weighted by atomic mass is 16.1. The van der Waals surface area contributed by atoms with E-state index in [9.17, 15) is 4.79 Å². The minimum atomic E-state index is -0.0885. The summed E-state index contributed by atoms with van der Waals surface area (Å²) in [6.07, 6.45) is 1.80. The summed E-state index contributed by atoms with van der Waals surface area (Å²) in [6.45, 7) is 4.81. The third-order valence-corrected chi connectivity index (χ3v) is 1.64. The van der Waals surface area contributed by atoms with Gasteiger partial charge in [0, 0.05) is 19.0 Å². The molecule has 13 heavy (non-hydrogen) atoms. The Morgan fingerprint density at radius 3 is 2.92 bits per heavy atom. The highest BCUT2D eigenvalue weighted by Crippen LogP contribution is 1.99. The van der Waals surface area contributed by atoms with E-state index in [0.717, 1.165) is 25.2 Å². The summed E-state index contributed by atoms with van der Waals surface area (Å²) in [6, 6.07) is 1.47. The number of H-pyrrole nitrogens is 1. The minimum absolute atomic E-state index is 0.0885. The molecule has 0 unspecified atom stereocenters. The van der Waals surface area contributed by atoms with Gasteiger partial charge in [-0.15, -0.1) is 0 Å². The number of nitrogens with one attached hydrogen (secondary N) is 2. The highest BCUT2D eigenvalue weighted by molar-refractivity contribution is 5.32. The van der Waals surface area contributed by atoms with Crippen LogP contribution in [0.15, 0.2) is 10.9 Å². The van der Waals surface area contributed by atoms with Gasteiger partial charge in [-0.2, -0.15) is 0 Å². The Kier molecular flexibility index (Phi) is 3.49. The van der Waals surface area contributed by atoms with Crippen molar-refractivity contribution < 1.29 is 0 Å². The van der Waals surface area contributed by atoms with Crippen LogP contribution in [-0.2, 0) is 6.42 Å². The summed E-state index contributed by atoms with van der Waals surface area (Å²) in [5.74, 6) is 1.42. The van der Waals surface area contributed by atoms with E-state index in [4.69, 9.17) is 0 Å². The van der Waals surface area contributed by atoms with Crippen LogP contribution in [0, 0.1) is 0 Å². The van der Waals surface area contributed by atoms with E-state index < -0.39 is 0 Å². The molecule has 4 nitrogen and oxygen atoms in total. The molecule has 0 fully saturated rings. The van der Waals surface area contributed by atoms with E-state index in [1.54, 1.807) is 0 Å². The summed E-state index contributed by atoms with van der Waals surface area (Å²) in [5, 5.41) is 3.02. The van der Waals surface area contributed by atoms with Gasteiger partial charge in [-0.1, -0.05) is 6.92 Å². The Labute approximate surface area is 77.4 Å². The molecule has 0 aliphatic carbocycles. The van der Waals surface area contributed by atoms with Crippen molar-refractivity contribution in [3.05, 3.63) is 22.2 Å². The van der Waals surface area contributed by atoms with Crippen molar-refractivity contribution in [1.29, 1.82) is 0 Å². The summed E-state index contributed by atoms with van der Waals surface area (Å²) in [5.41, 5.74) is -0.0885. The molecule has 0 spiro atoms. The van der Waals surface area contributed by atoms with Gasteiger partial charge < -0.3 is 10.3 Å². The predicted molar refractivity (Wildman–Crippen MR) is 53.0 cm³/mol. The fourth-order valence-corrected chi connectivity index (χ4v) is 1.13. The quantitative estimate of drug-likeness (QED) is 0.732. The number of aryl methyl sites for hydroxylation is 1. The Hall–Kier alpha value is -1.32. The molecule has 1 rings (SSSR count). The minimum Gasteiger partial charge on any atom is -0.370 e. The fourth-order valence-electron chi connectivity index (χ4n) is 1.13. The summed E-state index contributed by atoms with van der Waals surface area (Å²) in [4.78, 5) is 18.1. The number of aromatic amines is 1. The van der Waals surface area contributed by atoms with Gasteiger partial charge in [0.05, 0.1) is 0 Å². The van der Waals surface area contributed by atoms with Crippen LogP contribution < -0.4 is 10.9 Å². The van der Waals surface area contributed by atoms with Gasteiger partial charge >= 0.3 is 0 Å². The summed E-state index contributed by atoms with van der Waals surface area (Å²) >= 11 is 0. The Morgan fingerprint density at radius 1 is 1.54 bits per heavy atom. The van der Waals surface area contributed by atoms with Crippen LogP contribution in [-0.4, -0.2) is 16.5 Å². The van der Waals surface area contributed by atoms with Crippen LogP contribution in [0.4, 0.5) is 5.82 Å². The van der Waals surface area contributed by atoms with E-state index in [1.807, 2.05) is 6.92 Å². The molecule has 0 bridgehead atoms. The molecule has 0 atom stereocenters. The predicted octanol–water partition coefficient (Wildman–Crippen LogP) is 1.15. The van der Waals surface area contributed by atoms with E-state index in [-0.39, 0.29) is 5.56 Å². The molecular weight excluding hydrogens is 166 g/mol. The zero-order chi connectivity index (χ0) is 9.68. The van der Waals surface area contributed by atoms with Crippen molar-refractivity contribution in [2.45, 2.75) is 26.7 Å². The van der Waals surface area contributed by atoms with Crippen molar-refractivity contribution in [3.8, 4) is 0 Å². The maximum Gasteiger partial charge on any atom is 0.252 e. The number of anilines is 1. The first-order valence-corrected chi connectivity index (χ1v) is 4.60. The van der Waals surface area contributed by atoms with Crippen molar-refractivity contribution in [3.63, 3.8) is 0 Å². The maximum atomic E-state index is 11.1. The van der Waals surface area contributed by atoms with Gasteiger partial charge in [0.15, 0.2) is 0 Å². The van der Waals surface area contributed by atoms with E-state index in [1.165, 1.54) is 6.07 Å². The monoisotopic (exact) mass is 181 g/mol. The average Bonchev–Trinajstić information content (AvgIpc) is 2.04. The highest BCUT2D eigenvalue weighted by Gasteiger charge is 1.98. The fraction of sp³-hybridized carbons (Fsp3) is 0.556. The van der Waals surface area contributed by atoms with Crippen LogP contribution in [0.1, 0.15) is 26.1 Å². The molecule has 2 N–H and O–H groups in total. The van der Waals surface area contributed by atoms with E-state index in [2.05, 4.69) is 22.2 Å². The molecule has 72 valence electrons. The zero-order valence-corrected chi connectivity index (χ0v) is 8.05. The second-order valence-corrected chi connectivity index (χ2v) is 2.86. The molecule has 0 aliphatic rings. The molecule has 0 radical (unpaired) electrons. The average molecular weight is 181 g/mol. The third kappa shape index (κ3) is 2.89. The topological polar surface area (TPSA) is 57.8 Å². The number of rotatable bonds is 4. The molecule has 1 aromatic heterocycles. The summed E-state index contributed by atoms with van der Waals surface area (Å²) < 4.78 is 0. The van der Waals surface area contributed by atoms with Gasteiger partial charge in [-0.25, -0.2) is 4.98 Å². The first-order valence-electron chi connectivity index (χ1n) is 4.60. The lowest BCUT2D eigenvalue weighted by Gasteiger charge is -2.03. The van der Waals surface area contributed by atoms with Crippen LogP contribution >= 0.6 is 0 Å². The van der Waals surface area contributed by atoms with Gasteiger partial charge in [0.1, 0.15) is 11.6 Å². The Morgan fingerprint density at radius 2 is 2.31 bits per heavy atom. The number of hydrogen-bond acceptors (Lipinski definition) is 3. The molecule has 0 saturated heterocycles. The third-order valence-electron chi connectivity index (χ3n) is 1.64. The van der Waals surface area contributed by atoms with E-state index in [0.29, 0.717) is 5.82 Å². The smallest absolute Gasteiger partial charge is 0.252 e. The second kappa shape index (κ2) is 4.64. The summed E-state index contributed by atoms with van der Waals surface area (Å²) in [7, 11) is 0. The molecule has 1 aromatic rings. The van der Waals surface area contributed by atoms with Crippen LogP contribution in [0.3, 0.4) is 0 Å². The van der Waals surface area contributed by atoms with Crippen LogP contribution in [0.25, 0.3) is 0 Å². The molecule has 4 heteroatoms. The lowest BCUT2D eigenvalue weighted by molar-refractivity contribution is 0.825. The van der Waals surface area contributed by atoms with Crippen LogP contribution in [0.2, 0.25) is 0 Å². The Bertz CT molecular complexity index is 292. The first-order chi connectivity index (χ1) is 6.26. The maximum absolute atomic E-state index is 11.1. The van der Waals surface area contributed by atoms with Gasteiger partial charge in [-0.3, -0.25) is 4.79 Å². The molecule has 0 amide bonds. The van der Waals surface area contributed by atoms with Crippen molar-refractivity contribution in [1.82, 2.24) is 9.97 Å². The standard InChI is InChI=1S/C9H15N3O/c1-3-5-7-11-8(10-4-2)6-9(13)12-7/h6H,3-5H2,1-2H3,(H2,10,11,12,13). The normalized spacial score (nSPS) is 10.0. The molecular formula is C9H15N3O. The lowest BCUT2D eigenvalue weighted by Crippen LogP contribution is -2.13. The molecule has 0 aliphatic heterocycles. The molecule has 0 aromatic carbocycles. The van der Waals surface area contributed by atoms with Gasteiger partial charge in [0.2, 0.25) is 0 Å². The largest absolute Gasteiger partial charge is 0.370 e. The van der Waals surface area contributed by atoms with Gasteiger partial charge in [0.25, 0.3) is 5.56 Å². The van der Waals surface area contributed by atoms with Crippen molar-refractivity contribution >= 4 is 5.82 Å². The number of aromatic nitrogens is 2. The first kappa shape index (κ1) is 9.77. The van der Waals surface area contributed by atoms with Gasteiger partial charge in [-0.05, 0) is 13.3 Å². The SMILES string of the molecule is CCCc1nc(NCC)cc(=O)[nH]1. The van der Waals surface area contributed by atoms with Crippen molar-refractivity contribution in [2.24, 2.45) is 0 Å². The molecule has 0 saturated carbocycles. The van der Waals surface area contributed by atoms with E-state index >= 15 is 0 Å². The number of nitrogens with zero attached hydrogens (tertiary/aromatic N) is 1. The molecule has 1 heterocycles. The lowest BCUT2D eigenvalue weighted by atomic mass is 10.3.